The van der Waals surface area contributed by atoms with Gasteiger partial charge in [-0.3, -0.25) is 4.79 Å². The molecule has 1 atom stereocenters. The van der Waals surface area contributed by atoms with Crippen LogP contribution in [0.2, 0.25) is 0 Å². The molecule has 0 saturated carbocycles. The molecule has 0 aromatic carbocycles. The smallest absolute Gasteiger partial charge is 0.236 e. The van der Waals surface area contributed by atoms with Crippen LogP contribution in [0.4, 0.5) is 0 Å². The second-order valence-electron chi connectivity index (χ2n) is 3.41. The van der Waals surface area contributed by atoms with E-state index in [9.17, 15) is 4.79 Å². The van der Waals surface area contributed by atoms with Crippen LogP contribution in [0.25, 0.3) is 0 Å². The van der Waals surface area contributed by atoms with Crippen LogP contribution >= 0.6 is 0 Å². The standard InChI is InChI=1S/C9H17N5O/c1-3-7(10)9(15)11-5-4-8-13-12-6-14(8)2/h6-7H,3-5,10H2,1-2H3,(H,11,15). The summed E-state index contributed by atoms with van der Waals surface area (Å²) in [5, 5.41) is 10.4. The number of nitrogens with zero attached hydrogens (tertiary/aromatic N) is 3. The molecule has 6 heteroatoms. The van der Waals surface area contributed by atoms with Crippen molar-refractivity contribution in [1.29, 1.82) is 0 Å². The van der Waals surface area contributed by atoms with E-state index in [0.29, 0.717) is 19.4 Å². The molecule has 0 radical (unpaired) electrons. The van der Waals surface area contributed by atoms with E-state index in [-0.39, 0.29) is 5.91 Å². The third kappa shape index (κ3) is 3.32. The van der Waals surface area contributed by atoms with Gasteiger partial charge in [-0.1, -0.05) is 6.92 Å². The molecule has 0 spiro atoms. The maximum absolute atomic E-state index is 11.3. The predicted octanol–water partition coefficient (Wildman–Crippen LogP) is -0.789. The Kier molecular flexibility index (Phi) is 4.23. The Bertz CT molecular complexity index is 322. The van der Waals surface area contributed by atoms with Crippen LogP contribution in [0.5, 0.6) is 0 Å². The molecule has 1 amide bonds. The van der Waals surface area contributed by atoms with E-state index in [1.54, 1.807) is 6.33 Å². The van der Waals surface area contributed by atoms with Crippen molar-refractivity contribution < 1.29 is 4.79 Å². The van der Waals surface area contributed by atoms with Crippen molar-refractivity contribution in [3.63, 3.8) is 0 Å². The molecular formula is C9H17N5O. The summed E-state index contributed by atoms with van der Waals surface area (Å²) in [5.41, 5.74) is 5.56. The Morgan fingerprint density at radius 2 is 2.47 bits per heavy atom. The minimum Gasteiger partial charge on any atom is -0.354 e. The van der Waals surface area contributed by atoms with Gasteiger partial charge in [0.2, 0.25) is 5.91 Å². The van der Waals surface area contributed by atoms with Crippen LogP contribution in [-0.4, -0.2) is 33.3 Å². The van der Waals surface area contributed by atoms with Crippen molar-refractivity contribution in [2.45, 2.75) is 25.8 Å². The minimum absolute atomic E-state index is 0.111. The van der Waals surface area contributed by atoms with Crippen molar-refractivity contribution in [2.24, 2.45) is 12.8 Å². The fraction of sp³-hybridized carbons (Fsp3) is 0.667. The molecule has 6 nitrogen and oxygen atoms in total. The van der Waals surface area contributed by atoms with Crippen LogP contribution in [0.15, 0.2) is 6.33 Å². The zero-order chi connectivity index (χ0) is 11.3. The van der Waals surface area contributed by atoms with Gasteiger partial charge in [-0.05, 0) is 6.42 Å². The molecule has 1 heterocycles. The van der Waals surface area contributed by atoms with Gasteiger partial charge >= 0.3 is 0 Å². The molecule has 1 aromatic heterocycles. The fourth-order valence-corrected chi connectivity index (χ4v) is 1.15. The molecule has 0 aliphatic heterocycles. The van der Waals surface area contributed by atoms with Crippen molar-refractivity contribution >= 4 is 5.91 Å². The monoisotopic (exact) mass is 211 g/mol. The average Bonchev–Trinajstić information content (AvgIpc) is 2.63. The lowest BCUT2D eigenvalue weighted by Gasteiger charge is -2.09. The van der Waals surface area contributed by atoms with Crippen LogP contribution in [0.1, 0.15) is 19.2 Å². The molecule has 0 aliphatic rings. The Balaban J connectivity index is 2.28. The summed E-state index contributed by atoms with van der Waals surface area (Å²) in [6, 6.07) is -0.413. The molecule has 1 unspecified atom stereocenters. The number of hydrogen-bond acceptors (Lipinski definition) is 4. The maximum Gasteiger partial charge on any atom is 0.236 e. The lowest BCUT2D eigenvalue weighted by molar-refractivity contribution is -0.122. The number of nitrogens with one attached hydrogen (secondary N) is 1. The van der Waals surface area contributed by atoms with Gasteiger partial charge in [-0.25, -0.2) is 0 Å². The Labute approximate surface area is 88.9 Å². The Morgan fingerprint density at radius 3 is 3.00 bits per heavy atom. The molecule has 0 aliphatic carbocycles. The summed E-state index contributed by atoms with van der Waals surface area (Å²) in [5.74, 6) is 0.736. The fourth-order valence-electron chi connectivity index (χ4n) is 1.15. The van der Waals surface area contributed by atoms with Gasteiger partial charge in [0.25, 0.3) is 0 Å². The number of hydrogen-bond donors (Lipinski definition) is 2. The quantitative estimate of drug-likeness (QED) is 0.668. The first kappa shape index (κ1) is 11.6. The SMILES string of the molecule is CCC(N)C(=O)NCCc1nncn1C. The summed E-state index contributed by atoms with van der Waals surface area (Å²) in [4.78, 5) is 11.3. The number of aryl methyl sites for hydroxylation is 1. The van der Waals surface area contributed by atoms with Gasteiger partial charge in [0.1, 0.15) is 12.2 Å². The number of nitrogens with two attached hydrogens (primary N) is 1. The number of aromatic nitrogens is 3. The van der Waals surface area contributed by atoms with Crippen molar-refractivity contribution in [3.8, 4) is 0 Å². The topological polar surface area (TPSA) is 85.8 Å². The molecule has 0 bridgehead atoms. The van der Waals surface area contributed by atoms with E-state index in [2.05, 4.69) is 15.5 Å². The molecule has 1 aromatic rings. The first-order chi connectivity index (χ1) is 7.15. The second-order valence-corrected chi connectivity index (χ2v) is 3.41. The van der Waals surface area contributed by atoms with E-state index >= 15 is 0 Å². The van der Waals surface area contributed by atoms with Crippen LogP contribution < -0.4 is 11.1 Å². The second kappa shape index (κ2) is 5.45. The third-order valence-corrected chi connectivity index (χ3v) is 2.23. The van der Waals surface area contributed by atoms with E-state index in [0.717, 1.165) is 5.82 Å². The zero-order valence-electron chi connectivity index (χ0n) is 9.10. The molecule has 3 N–H and O–H groups in total. The molecule has 1 rings (SSSR count). The van der Waals surface area contributed by atoms with Crippen molar-refractivity contribution in [1.82, 2.24) is 20.1 Å². The van der Waals surface area contributed by atoms with Gasteiger partial charge in [0.15, 0.2) is 0 Å². The number of rotatable bonds is 5. The number of amides is 1. The first-order valence-corrected chi connectivity index (χ1v) is 5.01. The lowest BCUT2D eigenvalue weighted by atomic mass is 10.2. The summed E-state index contributed by atoms with van der Waals surface area (Å²) in [6.45, 7) is 2.42. The molecular weight excluding hydrogens is 194 g/mol. The first-order valence-electron chi connectivity index (χ1n) is 5.01. The largest absolute Gasteiger partial charge is 0.354 e. The zero-order valence-corrected chi connectivity index (χ0v) is 9.10. The van der Waals surface area contributed by atoms with Gasteiger partial charge in [-0.2, -0.15) is 0 Å². The number of carbonyl (C=O) groups excluding carboxylic acids is 1. The van der Waals surface area contributed by atoms with Crippen LogP contribution in [-0.2, 0) is 18.3 Å². The van der Waals surface area contributed by atoms with Gasteiger partial charge < -0.3 is 15.6 Å². The van der Waals surface area contributed by atoms with E-state index < -0.39 is 6.04 Å². The number of carbonyl (C=O) groups is 1. The summed E-state index contributed by atoms with van der Waals surface area (Å²) in [7, 11) is 1.87. The van der Waals surface area contributed by atoms with Gasteiger partial charge in [-0.15, -0.1) is 10.2 Å². The minimum atomic E-state index is -0.413. The lowest BCUT2D eigenvalue weighted by Crippen LogP contribution is -2.40. The highest BCUT2D eigenvalue weighted by Gasteiger charge is 2.10. The molecule has 84 valence electrons. The van der Waals surface area contributed by atoms with Crippen LogP contribution in [0, 0.1) is 0 Å². The third-order valence-electron chi connectivity index (χ3n) is 2.23. The summed E-state index contributed by atoms with van der Waals surface area (Å²) >= 11 is 0. The highest BCUT2D eigenvalue weighted by atomic mass is 16.2. The summed E-state index contributed by atoms with van der Waals surface area (Å²) in [6.07, 6.45) is 2.95. The Morgan fingerprint density at radius 1 is 1.73 bits per heavy atom. The van der Waals surface area contributed by atoms with E-state index in [1.165, 1.54) is 0 Å². The van der Waals surface area contributed by atoms with E-state index in [1.807, 2.05) is 18.5 Å². The summed E-state index contributed by atoms with van der Waals surface area (Å²) < 4.78 is 1.83. The van der Waals surface area contributed by atoms with E-state index in [4.69, 9.17) is 5.73 Å². The van der Waals surface area contributed by atoms with Crippen LogP contribution in [0.3, 0.4) is 0 Å². The van der Waals surface area contributed by atoms with Gasteiger partial charge in [0, 0.05) is 20.0 Å². The highest BCUT2D eigenvalue weighted by Crippen LogP contribution is 1.92. The molecule has 0 fully saturated rings. The average molecular weight is 211 g/mol. The molecule has 0 saturated heterocycles. The normalized spacial score (nSPS) is 12.5. The molecule has 15 heavy (non-hydrogen) atoms. The predicted molar refractivity (Wildman–Crippen MR) is 56.0 cm³/mol. The van der Waals surface area contributed by atoms with Gasteiger partial charge in [0.05, 0.1) is 6.04 Å². The van der Waals surface area contributed by atoms with Crippen molar-refractivity contribution in [2.75, 3.05) is 6.54 Å². The van der Waals surface area contributed by atoms with Crippen molar-refractivity contribution in [3.05, 3.63) is 12.2 Å². The highest BCUT2D eigenvalue weighted by molar-refractivity contribution is 5.81. The maximum atomic E-state index is 11.3. The Hall–Kier alpha value is -1.43.